The average molecular weight is 603 g/mol. The van der Waals surface area contributed by atoms with Crippen molar-refractivity contribution in [2.75, 3.05) is 25.2 Å². The summed E-state index contributed by atoms with van der Waals surface area (Å²) in [6, 6.07) is 28.8. The highest BCUT2D eigenvalue weighted by atomic mass is 16.5. The van der Waals surface area contributed by atoms with E-state index >= 15 is 0 Å². The van der Waals surface area contributed by atoms with Crippen LogP contribution in [0, 0.1) is 6.92 Å². The van der Waals surface area contributed by atoms with E-state index in [1.165, 1.54) is 12.8 Å². The monoisotopic (exact) mass is 602 g/mol. The second-order valence-corrected chi connectivity index (χ2v) is 11.4. The van der Waals surface area contributed by atoms with Crippen molar-refractivity contribution in [2.24, 2.45) is 0 Å². The Hall–Kier alpha value is -5.02. The first-order chi connectivity index (χ1) is 22.0. The van der Waals surface area contributed by atoms with Gasteiger partial charge >= 0.3 is 6.09 Å². The molecular formula is C36H38N6O3. The van der Waals surface area contributed by atoms with Crippen LogP contribution < -0.4 is 10.4 Å². The molecule has 0 aliphatic carbocycles. The summed E-state index contributed by atoms with van der Waals surface area (Å²) in [4.78, 5) is 34.8. The maximum Gasteiger partial charge on any atom is 0.433 e. The maximum absolute atomic E-state index is 14.4. The third-order valence-corrected chi connectivity index (χ3v) is 8.47. The summed E-state index contributed by atoms with van der Waals surface area (Å²) in [5.41, 5.74) is 9.40. The SMILES string of the molecule is CCn1nc(C)cc1C1CCN(Cc2c(-c3ccccc3)nc3ccccc3c2C(=O)NN(C(=O)OC)c2ccccc2)CC1. The van der Waals surface area contributed by atoms with Crippen LogP contribution in [0.2, 0.25) is 0 Å². The molecule has 0 saturated carbocycles. The molecule has 0 atom stereocenters. The number of methoxy groups -OCH3 is 1. The number of hydrogen-bond donors (Lipinski definition) is 1. The Morgan fingerprint density at radius 1 is 0.956 bits per heavy atom. The number of carbonyl (C=O) groups excluding carboxylic acids is 2. The van der Waals surface area contributed by atoms with Crippen LogP contribution in [0.25, 0.3) is 22.2 Å². The molecule has 2 amide bonds. The van der Waals surface area contributed by atoms with Gasteiger partial charge in [0.15, 0.2) is 0 Å². The maximum atomic E-state index is 14.4. The molecule has 6 rings (SSSR count). The molecule has 1 fully saturated rings. The Bertz CT molecular complexity index is 1800. The van der Waals surface area contributed by atoms with Crippen molar-refractivity contribution in [3.8, 4) is 11.3 Å². The van der Waals surface area contributed by atoms with E-state index in [0.29, 0.717) is 29.2 Å². The number of carbonyl (C=O) groups is 2. The lowest BCUT2D eigenvalue weighted by Crippen LogP contribution is -2.47. The van der Waals surface area contributed by atoms with Crippen molar-refractivity contribution >= 4 is 28.6 Å². The predicted octanol–water partition coefficient (Wildman–Crippen LogP) is 6.72. The van der Waals surface area contributed by atoms with Gasteiger partial charge in [-0.2, -0.15) is 10.1 Å². The van der Waals surface area contributed by atoms with E-state index in [9.17, 15) is 9.59 Å². The van der Waals surface area contributed by atoms with Gasteiger partial charge in [-0.3, -0.25) is 19.8 Å². The van der Waals surface area contributed by atoms with Gasteiger partial charge in [0.05, 0.1) is 35.3 Å². The Labute approximate surface area is 263 Å². The van der Waals surface area contributed by atoms with Gasteiger partial charge in [0.2, 0.25) is 0 Å². The number of hydrazine groups is 1. The number of fused-ring (bicyclic) bond motifs is 1. The van der Waals surface area contributed by atoms with Crippen LogP contribution in [0.5, 0.6) is 0 Å². The molecule has 9 nitrogen and oxygen atoms in total. The number of nitrogens with one attached hydrogen (secondary N) is 1. The first kappa shape index (κ1) is 30.0. The highest BCUT2D eigenvalue weighted by Crippen LogP contribution is 2.34. The van der Waals surface area contributed by atoms with Crippen molar-refractivity contribution in [2.45, 2.75) is 45.7 Å². The Balaban J connectivity index is 1.40. The number of ether oxygens (including phenoxy) is 1. The normalized spacial score (nSPS) is 13.9. The molecule has 1 aliphatic rings. The van der Waals surface area contributed by atoms with Gasteiger partial charge in [-0.15, -0.1) is 0 Å². The number of nitrogens with zero attached hydrogens (tertiary/aromatic N) is 5. The molecule has 3 heterocycles. The number of hydrogen-bond acceptors (Lipinski definition) is 6. The summed E-state index contributed by atoms with van der Waals surface area (Å²) < 4.78 is 7.17. The van der Waals surface area contributed by atoms with E-state index in [1.54, 1.807) is 24.3 Å². The zero-order valence-corrected chi connectivity index (χ0v) is 25.9. The minimum atomic E-state index is -0.693. The van der Waals surface area contributed by atoms with Gasteiger partial charge < -0.3 is 4.74 Å². The van der Waals surface area contributed by atoms with Crippen LogP contribution in [0.3, 0.4) is 0 Å². The molecule has 1 aliphatic heterocycles. The van der Waals surface area contributed by atoms with Crippen LogP contribution in [0.15, 0.2) is 91.0 Å². The number of amides is 2. The number of anilines is 1. The summed E-state index contributed by atoms with van der Waals surface area (Å²) in [5, 5.41) is 6.54. The zero-order chi connectivity index (χ0) is 31.3. The lowest BCUT2D eigenvalue weighted by Gasteiger charge is -2.33. The summed E-state index contributed by atoms with van der Waals surface area (Å²) in [7, 11) is 1.30. The molecule has 1 N–H and O–H groups in total. The Morgan fingerprint density at radius 2 is 1.62 bits per heavy atom. The van der Waals surface area contributed by atoms with Gasteiger partial charge in [0.25, 0.3) is 5.91 Å². The van der Waals surface area contributed by atoms with E-state index in [-0.39, 0.29) is 0 Å². The number of aromatic nitrogens is 3. The molecule has 3 aromatic carbocycles. The number of pyridine rings is 1. The topological polar surface area (TPSA) is 92.6 Å². The van der Waals surface area contributed by atoms with Crippen molar-refractivity contribution in [1.29, 1.82) is 0 Å². The quantitative estimate of drug-likeness (QED) is 0.208. The molecular weight excluding hydrogens is 564 g/mol. The van der Waals surface area contributed by atoms with Crippen molar-refractivity contribution in [3.05, 3.63) is 114 Å². The van der Waals surface area contributed by atoms with E-state index in [1.807, 2.05) is 67.6 Å². The molecule has 0 spiro atoms. The summed E-state index contributed by atoms with van der Waals surface area (Å²) in [5.74, 6) is 0.0280. The minimum absolute atomic E-state index is 0.410. The molecule has 9 heteroatoms. The average Bonchev–Trinajstić information content (AvgIpc) is 3.48. The van der Waals surface area contributed by atoms with Gasteiger partial charge in [-0.25, -0.2) is 9.78 Å². The molecule has 0 unspecified atom stereocenters. The van der Waals surface area contributed by atoms with Crippen LogP contribution >= 0.6 is 0 Å². The largest absolute Gasteiger partial charge is 0.451 e. The fraction of sp³-hybridized carbons (Fsp3) is 0.278. The van der Waals surface area contributed by atoms with Crippen LogP contribution in [-0.4, -0.2) is 51.9 Å². The highest BCUT2D eigenvalue weighted by molar-refractivity contribution is 6.10. The number of aryl methyl sites for hydroxylation is 2. The van der Waals surface area contributed by atoms with Crippen molar-refractivity contribution < 1.29 is 14.3 Å². The van der Waals surface area contributed by atoms with Gasteiger partial charge in [-0.1, -0.05) is 66.7 Å². The number of rotatable bonds is 7. The highest BCUT2D eigenvalue weighted by Gasteiger charge is 2.29. The van der Waals surface area contributed by atoms with Crippen molar-refractivity contribution in [3.63, 3.8) is 0 Å². The second-order valence-electron chi connectivity index (χ2n) is 11.4. The third-order valence-electron chi connectivity index (χ3n) is 8.47. The number of piperidine rings is 1. The van der Waals surface area contributed by atoms with E-state index < -0.39 is 12.0 Å². The van der Waals surface area contributed by atoms with Crippen molar-refractivity contribution in [1.82, 2.24) is 25.1 Å². The fourth-order valence-electron chi connectivity index (χ4n) is 6.30. The lowest BCUT2D eigenvalue weighted by atomic mass is 9.91. The zero-order valence-electron chi connectivity index (χ0n) is 25.9. The number of benzene rings is 3. The summed E-state index contributed by atoms with van der Waals surface area (Å²) in [6.45, 7) is 7.32. The van der Waals surface area contributed by atoms with Crippen LogP contribution in [-0.2, 0) is 17.8 Å². The third kappa shape index (κ3) is 6.30. The number of likely N-dealkylation sites (tertiary alicyclic amines) is 1. The Kier molecular flexibility index (Phi) is 8.89. The van der Waals surface area contributed by atoms with Crippen LogP contribution in [0.1, 0.15) is 53.0 Å². The van der Waals surface area contributed by atoms with Gasteiger partial charge in [0.1, 0.15) is 0 Å². The van der Waals surface area contributed by atoms with Gasteiger partial charge in [-0.05, 0) is 64.0 Å². The first-order valence-electron chi connectivity index (χ1n) is 15.4. The van der Waals surface area contributed by atoms with Gasteiger partial charge in [0, 0.05) is 41.2 Å². The fourth-order valence-corrected chi connectivity index (χ4v) is 6.30. The molecule has 0 radical (unpaired) electrons. The van der Waals surface area contributed by atoms with E-state index in [0.717, 1.165) is 65.4 Å². The Morgan fingerprint density at radius 3 is 2.31 bits per heavy atom. The second kappa shape index (κ2) is 13.3. The molecule has 230 valence electrons. The summed E-state index contributed by atoms with van der Waals surface area (Å²) in [6.07, 6.45) is 1.30. The number of para-hydroxylation sites is 2. The molecule has 5 aromatic rings. The summed E-state index contributed by atoms with van der Waals surface area (Å²) >= 11 is 0. The van der Waals surface area contributed by atoms with E-state index in [2.05, 4.69) is 33.1 Å². The molecule has 0 bridgehead atoms. The molecule has 45 heavy (non-hydrogen) atoms. The molecule has 2 aromatic heterocycles. The minimum Gasteiger partial charge on any atom is -0.451 e. The molecule has 1 saturated heterocycles. The lowest BCUT2D eigenvalue weighted by molar-refractivity contribution is 0.0940. The standard InChI is InChI=1S/C36H38N6O3/c1-4-41-32(23-25(2)38-41)26-19-21-40(22-20-26)24-30-33(35(43)39-42(36(44)45-3)28-15-9-6-10-16-28)29-17-11-12-18-31(29)37-34(30)27-13-7-5-8-14-27/h5-18,23,26H,4,19-22,24H2,1-3H3,(H,39,43). The van der Waals surface area contributed by atoms with E-state index in [4.69, 9.17) is 9.72 Å². The smallest absolute Gasteiger partial charge is 0.433 e. The first-order valence-corrected chi connectivity index (χ1v) is 15.4. The van der Waals surface area contributed by atoms with Crippen LogP contribution in [0.4, 0.5) is 10.5 Å². The predicted molar refractivity (Wildman–Crippen MR) is 176 cm³/mol.